The van der Waals surface area contributed by atoms with Crippen molar-refractivity contribution in [3.63, 3.8) is 0 Å². The lowest BCUT2D eigenvalue weighted by atomic mass is 9.97. The number of piperazine rings is 1. The van der Waals surface area contributed by atoms with Crippen molar-refractivity contribution in [1.82, 2.24) is 0 Å². The molecule has 0 aliphatic carbocycles. The first-order chi connectivity index (χ1) is 18.5. The Morgan fingerprint density at radius 2 is 0.725 bits per heavy atom. The van der Waals surface area contributed by atoms with Gasteiger partial charge in [0.25, 0.3) is 0 Å². The van der Waals surface area contributed by atoms with E-state index in [4.69, 9.17) is 12.8 Å². The smallest absolute Gasteiger partial charge is 0.141 e. The van der Waals surface area contributed by atoms with E-state index < -0.39 is 0 Å². The summed E-state index contributed by atoms with van der Waals surface area (Å²) in [7, 11) is 0. The number of hydrogen-bond donors (Lipinski definition) is 0. The van der Waals surface area contributed by atoms with Crippen LogP contribution in [-0.2, 0) is 0 Å². The standard InChI is InChI=1S/C36H68N2.2BrH/c1-7-11-13-15-17-19-21-23-25-27-31-37(29-9-3)33-36(6)38(30-10-4,34-35(37)5)32-28-26-24-22-20-18-16-14-12-8-2;;/h3-4,35-36H,7-8,11-34H2,1-2,5-6H3;2*1H/q+2;;/p-2. The van der Waals surface area contributed by atoms with Crippen molar-refractivity contribution in [1.29, 1.82) is 0 Å². The molecule has 1 rings (SSSR count). The Hall–Kier alpha value is 0. The van der Waals surface area contributed by atoms with E-state index in [1.807, 2.05) is 0 Å². The molecule has 2 nitrogen and oxygen atoms in total. The van der Waals surface area contributed by atoms with Gasteiger partial charge in [0.05, 0.1) is 13.1 Å². The van der Waals surface area contributed by atoms with E-state index >= 15 is 0 Å². The van der Waals surface area contributed by atoms with Crippen LogP contribution >= 0.6 is 0 Å². The summed E-state index contributed by atoms with van der Waals surface area (Å²) in [6.07, 6.45) is 39.8. The SMILES string of the molecule is C#CC[N+]1(CCCCCCCCCCCC)CC(C)[N+](CC#C)(CCCCCCCCCCCC)CC1C.[Br-].[Br-]. The lowest BCUT2D eigenvalue weighted by Gasteiger charge is -2.55. The lowest BCUT2D eigenvalue weighted by Crippen LogP contribution is -3.00. The molecule has 0 amide bonds. The van der Waals surface area contributed by atoms with E-state index in [2.05, 4.69) is 39.5 Å². The molecule has 0 N–H and O–H groups in total. The highest BCUT2D eigenvalue weighted by atomic mass is 79.9. The molecule has 40 heavy (non-hydrogen) atoms. The monoisotopic (exact) mass is 686 g/mol. The van der Waals surface area contributed by atoms with E-state index in [1.165, 1.54) is 155 Å². The molecule has 1 saturated heterocycles. The Kier molecular flexibility index (Phi) is 28.0. The number of quaternary nitrogens is 2. The first-order valence-electron chi connectivity index (χ1n) is 17.1. The number of nitrogens with zero attached hydrogens (tertiary/aromatic N) is 2. The summed E-state index contributed by atoms with van der Waals surface area (Å²) in [6.45, 7) is 16.2. The van der Waals surface area contributed by atoms with Crippen LogP contribution in [0.2, 0.25) is 0 Å². The molecule has 236 valence electrons. The van der Waals surface area contributed by atoms with Crippen LogP contribution in [0.15, 0.2) is 0 Å². The molecule has 0 bridgehead atoms. The van der Waals surface area contributed by atoms with Gasteiger partial charge in [-0.1, -0.05) is 117 Å². The van der Waals surface area contributed by atoms with E-state index in [9.17, 15) is 0 Å². The summed E-state index contributed by atoms with van der Waals surface area (Å²) < 4.78 is 2.24. The number of unbranched alkanes of at least 4 members (excludes halogenated alkanes) is 18. The number of hydrogen-bond acceptors (Lipinski definition) is 0. The minimum Gasteiger partial charge on any atom is -1.00 e. The second-order valence-corrected chi connectivity index (χ2v) is 13.0. The maximum Gasteiger partial charge on any atom is 0.141 e. The van der Waals surface area contributed by atoms with Crippen LogP contribution in [-0.4, -0.2) is 60.3 Å². The molecule has 4 heteroatoms. The summed E-state index contributed by atoms with van der Waals surface area (Å²) in [4.78, 5) is 0. The van der Waals surface area contributed by atoms with Gasteiger partial charge in [-0.05, 0) is 51.4 Å². The van der Waals surface area contributed by atoms with Crippen LogP contribution in [0.4, 0.5) is 0 Å². The van der Waals surface area contributed by atoms with Crippen molar-refractivity contribution in [2.45, 2.75) is 168 Å². The van der Waals surface area contributed by atoms with Crippen LogP contribution in [0.5, 0.6) is 0 Å². The van der Waals surface area contributed by atoms with Gasteiger partial charge >= 0.3 is 0 Å². The van der Waals surface area contributed by atoms with Gasteiger partial charge in [0.15, 0.2) is 0 Å². The summed E-state index contributed by atoms with van der Waals surface area (Å²) in [5.41, 5.74) is 0. The molecule has 0 aromatic rings. The first-order valence-corrected chi connectivity index (χ1v) is 17.1. The summed E-state index contributed by atoms with van der Waals surface area (Å²) in [6, 6.07) is 1.19. The van der Waals surface area contributed by atoms with Gasteiger partial charge in [-0.25, -0.2) is 0 Å². The topological polar surface area (TPSA) is 0 Å². The van der Waals surface area contributed by atoms with Crippen LogP contribution < -0.4 is 34.0 Å². The molecular formula is C36H68Br2N2. The summed E-state index contributed by atoms with van der Waals surface area (Å²) in [5.74, 6) is 6.17. The predicted molar refractivity (Wildman–Crippen MR) is 170 cm³/mol. The number of rotatable bonds is 24. The lowest BCUT2D eigenvalue weighted by molar-refractivity contribution is -1.06. The molecule has 1 aliphatic rings. The fourth-order valence-electron chi connectivity index (χ4n) is 7.17. The Morgan fingerprint density at radius 3 is 0.975 bits per heavy atom. The quantitative estimate of drug-likeness (QED) is 0.0828. The number of terminal acetylenes is 2. The van der Waals surface area contributed by atoms with E-state index in [1.54, 1.807) is 0 Å². The maximum atomic E-state index is 5.97. The van der Waals surface area contributed by atoms with Crippen molar-refractivity contribution >= 4 is 0 Å². The predicted octanol–water partition coefficient (Wildman–Crippen LogP) is 3.53. The largest absolute Gasteiger partial charge is 1.00 e. The van der Waals surface area contributed by atoms with Gasteiger partial charge in [0.1, 0.15) is 38.3 Å². The molecule has 1 aliphatic heterocycles. The fourth-order valence-corrected chi connectivity index (χ4v) is 7.17. The Labute approximate surface area is 273 Å². The van der Waals surface area contributed by atoms with Gasteiger partial charge in [-0.15, -0.1) is 12.8 Å². The minimum atomic E-state index is 0. The zero-order valence-electron chi connectivity index (χ0n) is 27.3. The zero-order chi connectivity index (χ0) is 28.0. The highest BCUT2D eigenvalue weighted by Crippen LogP contribution is 2.31. The Balaban J connectivity index is 0. The molecule has 0 aromatic heterocycles. The molecule has 0 spiro atoms. The second-order valence-electron chi connectivity index (χ2n) is 13.0. The number of halogens is 2. The maximum absolute atomic E-state index is 5.97. The van der Waals surface area contributed by atoms with Crippen molar-refractivity contribution in [2.24, 2.45) is 0 Å². The van der Waals surface area contributed by atoms with Gasteiger partial charge in [0.2, 0.25) is 0 Å². The van der Waals surface area contributed by atoms with Crippen molar-refractivity contribution in [2.75, 3.05) is 39.3 Å². The Bertz CT molecular complexity index is 598. The fraction of sp³-hybridized carbons (Fsp3) is 0.889. The highest BCUT2D eigenvalue weighted by Gasteiger charge is 2.50. The van der Waals surface area contributed by atoms with Crippen molar-refractivity contribution in [3.05, 3.63) is 0 Å². The summed E-state index contributed by atoms with van der Waals surface area (Å²) in [5, 5.41) is 0. The van der Waals surface area contributed by atoms with E-state index in [0.29, 0.717) is 12.1 Å². The third kappa shape index (κ3) is 16.6. The van der Waals surface area contributed by atoms with Crippen molar-refractivity contribution in [3.8, 4) is 24.7 Å². The summed E-state index contributed by atoms with van der Waals surface area (Å²) >= 11 is 0. The van der Waals surface area contributed by atoms with Gasteiger partial charge < -0.3 is 42.9 Å². The van der Waals surface area contributed by atoms with Crippen LogP contribution in [0.1, 0.15) is 156 Å². The molecule has 0 aromatic carbocycles. The highest BCUT2D eigenvalue weighted by molar-refractivity contribution is 4.88. The molecule has 0 saturated carbocycles. The minimum absolute atomic E-state index is 0. The average molecular weight is 689 g/mol. The van der Waals surface area contributed by atoms with Gasteiger partial charge in [-0.3, -0.25) is 0 Å². The van der Waals surface area contributed by atoms with Gasteiger partial charge in [-0.2, -0.15) is 0 Å². The molecular weight excluding hydrogens is 620 g/mol. The van der Waals surface area contributed by atoms with Crippen molar-refractivity contribution < 1.29 is 42.9 Å². The molecule has 1 heterocycles. The van der Waals surface area contributed by atoms with Crippen LogP contribution in [0.25, 0.3) is 0 Å². The second kappa shape index (κ2) is 26.6. The Morgan fingerprint density at radius 1 is 0.475 bits per heavy atom. The molecule has 4 atom stereocenters. The van der Waals surface area contributed by atoms with E-state index in [0.717, 1.165) is 22.1 Å². The third-order valence-corrected chi connectivity index (χ3v) is 9.85. The third-order valence-electron chi connectivity index (χ3n) is 9.85. The molecule has 0 radical (unpaired) electrons. The van der Waals surface area contributed by atoms with Crippen LogP contribution in [0, 0.1) is 24.7 Å². The first kappa shape index (κ1) is 42.1. The molecule has 4 unspecified atom stereocenters. The normalized spacial score (nSPS) is 23.9. The average Bonchev–Trinajstić information content (AvgIpc) is 2.90. The van der Waals surface area contributed by atoms with Crippen LogP contribution in [0.3, 0.4) is 0 Å². The van der Waals surface area contributed by atoms with Gasteiger partial charge in [0, 0.05) is 0 Å². The van der Waals surface area contributed by atoms with E-state index in [-0.39, 0.29) is 34.0 Å². The molecule has 1 fully saturated rings. The zero-order valence-corrected chi connectivity index (χ0v) is 30.5.